The molecule has 13 heteroatoms. The van der Waals surface area contributed by atoms with Crippen LogP contribution in [-0.4, -0.2) is 58.7 Å². The third kappa shape index (κ3) is 6.70. The first-order valence-corrected chi connectivity index (χ1v) is 19.2. The van der Waals surface area contributed by atoms with E-state index in [0.717, 1.165) is 80.1 Å². The Balaban J connectivity index is 0.946. The van der Waals surface area contributed by atoms with Gasteiger partial charge in [-0.2, -0.15) is 0 Å². The van der Waals surface area contributed by atoms with Crippen molar-refractivity contribution in [1.82, 2.24) is 34.5 Å². The Morgan fingerprint density at radius 1 is 1.09 bits per heavy atom. The summed E-state index contributed by atoms with van der Waals surface area (Å²) >= 11 is 7.84. The van der Waals surface area contributed by atoms with E-state index in [4.69, 9.17) is 16.6 Å². The number of carbonyl (C=O) groups is 3. The maximum atomic E-state index is 13.2. The van der Waals surface area contributed by atoms with Crippen LogP contribution in [0, 0.1) is 31.6 Å². The summed E-state index contributed by atoms with van der Waals surface area (Å²) in [5, 5.41) is 12.8. The summed E-state index contributed by atoms with van der Waals surface area (Å²) in [6.45, 7) is 7.79. The zero-order valence-corrected chi connectivity index (χ0v) is 31.7. The lowest BCUT2D eigenvalue weighted by atomic mass is 9.99. The molecule has 6 heterocycles. The number of imidazole rings is 1. The van der Waals surface area contributed by atoms with E-state index in [2.05, 4.69) is 67.5 Å². The molecule has 1 fully saturated rings. The van der Waals surface area contributed by atoms with Crippen molar-refractivity contribution in [1.29, 1.82) is 0 Å². The van der Waals surface area contributed by atoms with Crippen LogP contribution in [0.15, 0.2) is 66.1 Å². The number of aromatic nitrogens is 5. The summed E-state index contributed by atoms with van der Waals surface area (Å²) in [4.78, 5) is 49.3. The van der Waals surface area contributed by atoms with Gasteiger partial charge in [0.1, 0.15) is 29.1 Å². The van der Waals surface area contributed by atoms with Crippen LogP contribution in [0.5, 0.6) is 0 Å². The SMILES string of the molecule is Cc1c(C#Cc2cncn2CCCC(C)/C=C/c2cccc3c2CN(C2CCC(=O)NC2=O)C3=O)sc2c1C(c1ccc(Cl)cc1)=NCc1nnc(C)n1-2. The maximum Gasteiger partial charge on any atom is 0.255 e. The van der Waals surface area contributed by atoms with Gasteiger partial charge in [0.05, 0.1) is 23.1 Å². The summed E-state index contributed by atoms with van der Waals surface area (Å²) in [7, 11) is 0. The summed E-state index contributed by atoms with van der Waals surface area (Å²) in [5.41, 5.74) is 7.31. The standard InChI is InChI=1S/C41H37ClN8O3S/c1-24(9-10-27-7-4-8-31-32(27)22-49(40(31)53)33-16-18-36(51)45-39(33)52)6-5-19-48-23-43-20-30(48)15-17-34-25(2)37-38(28-11-13-29(42)14-12-28)44-21-35-47-46-26(3)50(35)41(37)54-34/h4,7-14,20,23-24,33H,5-6,16,18-19,21-22H2,1-3H3,(H,45,51,52)/b10-9+. The van der Waals surface area contributed by atoms with Crippen LogP contribution in [0.25, 0.3) is 11.1 Å². The van der Waals surface area contributed by atoms with Crippen molar-refractivity contribution in [3.63, 3.8) is 0 Å². The summed E-state index contributed by atoms with van der Waals surface area (Å²) in [6.07, 6.45) is 10.3. The largest absolute Gasteiger partial charge is 0.324 e. The lowest BCUT2D eigenvalue weighted by Gasteiger charge is -2.29. The number of rotatable bonds is 8. The topological polar surface area (TPSA) is 127 Å². The highest BCUT2D eigenvalue weighted by Gasteiger charge is 2.39. The van der Waals surface area contributed by atoms with Crippen LogP contribution >= 0.6 is 22.9 Å². The molecule has 0 spiro atoms. The number of hydrogen-bond acceptors (Lipinski definition) is 8. The van der Waals surface area contributed by atoms with Gasteiger partial charge in [-0.15, -0.1) is 21.5 Å². The van der Waals surface area contributed by atoms with E-state index < -0.39 is 11.9 Å². The molecule has 0 bridgehead atoms. The average molecular weight is 757 g/mol. The molecular weight excluding hydrogens is 720 g/mol. The van der Waals surface area contributed by atoms with Gasteiger partial charge in [-0.05, 0) is 85.8 Å². The molecular formula is C41H37ClN8O3S. The molecule has 272 valence electrons. The molecule has 0 saturated carbocycles. The highest BCUT2D eigenvalue weighted by Crippen LogP contribution is 2.37. The van der Waals surface area contributed by atoms with Crippen molar-refractivity contribution in [2.75, 3.05) is 0 Å². The molecule has 5 aromatic rings. The number of carbonyl (C=O) groups excluding carboxylic acids is 3. The molecule has 11 nitrogen and oxygen atoms in total. The van der Waals surface area contributed by atoms with Crippen LogP contribution in [0.2, 0.25) is 5.02 Å². The van der Waals surface area contributed by atoms with E-state index in [1.807, 2.05) is 61.9 Å². The third-order valence-electron chi connectivity index (χ3n) is 10.3. The fourth-order valence-corrected chi connectivity index (χ4v) is 8.69. The Morgan fingerprint density at radius 3 is 2.74 bits per heavy atom. The van der Waals surface area contributed by atoms with E-state index in [1.165, 1.54) is 0 Å². The van der Waals surface area contributed by atoms with Crippen LogP contribution in [0.4, 0.5) is 0 Å². The Hall–Kier alpha value is -5.64. The number of hydrogen-bond donors (Lipinski definition) is 1. The second kappa shape index (κ2) is 14.6. The van der Waals surface area contributed by atoms with Crippen LogP contribution < -0.4 is 5.32 Å². The summed E-state index contributed by atoms with van der Waals surface area (Å²) in [6, 6.07) is 12.8. The minimum atomic E-state index is -0.629. The van der Waals surface area contributed by atoms with Gasteiger partial charge in [0.15, 0.2) is 5.82 Å². The lowest BCUT2D eigenvalue weighted by Crippen LogP contribution is -2.52. The number of amides is 3. The Morgan fingerprint density at radius 2 is 1.93 bits per heavy atom. The molecule has 2 unspecified atom stereocenters. The number of imide groups is 1. The normalized spacial score (nSPS) is 17.0. The van der Waals surface area contributed by atoms with Crippen molar-refractivity contribution < 1.29 is 14.4 Å². The number of halogens is 1. The second-order valence-electron chi connectivity index (χ2n) is 13.9. The highest BCUT2D eigenvalue weighted by atomic mass is 35.5. The monoisotopic (exact) mass is 756 g/mol. The number of nitrogens with one attached hydrogen (secondary N) is 1. The fourth-order valence-electron chi connectivity index (χ4n) is 7.34. The summed E-state index contributed by atoms with van der Waals surface area (Å²) < 4.78 is 4.18. The van der Waals surface area contributed by atoms with E-state index in [-0.39, 0.29) is 24.2 Å². The fraction of sp³-hybridized carbons (Fsp3) is 0.293. The van der Waals surface area contributed by atoms with Gasteiger partial charge in [-0.3, -0.25) is 29.3 Å². The molecule has 3 amide bonds. The van der Waals surface area contributed by atoms with E-state index in [1.54, 1.807) is 16.2 Å². The molecule has 1 N–H and O–H groups in total. The lowest BCUT2D eigenvalue weighted by molar-refractivity contribution is -0.136. The minimum absolute atomic E-state index is 0.164. The predicted molar refractivity (Wildman–Crippen MR) is 208 cm³/mol. The predicted octanol–water partition coefficient (Wildman–Crippen LogP) is 6.44. The second-order valence-corrected chi connectivity index (χ2v) is 15.3. The molecule has 0 radical (unpaired) electrons. The molecule has 2 aromatic carbocycles. The van der Waals surface area contributed by atoms with Crippen molar-refractivity contribution in [2.24, 2.45) is 10.9 Å². The van der Waals surface area contributed by atoms with Crippen molar-refractivity contribution in [3.8, 4) is 16.8 Å². The van der Waals surface area contributed by atoms with Gasteiger partial charge in [0.2, 0.25) is 11.8 Å². The summed E-state index contributed by atoms with van der Waals surface area (Å²) in [5.74, 6) is 7.86. The Labute approximate surface area is 321 Å². The quantitative estimate of drug-likeness (QED) is 0.144. The van der Waals surface area contributed by atoms with Crippen LogP contribution in [-0.2, 0) is 29.2 Å². The van der Waals surface area contributed by atoms with Gasteiger partial charge in [-0.25, -0.2) is 4.98 Å². The molecule has 1 saturated heterocycles. The molecule has 0 aliphatic carbocycles. The first-order chi connectivity index (χ1) is 26.2. The number of allylic oxidation sites excluding steroid dienone is 1. The first kappa shape index (κ1) is 35.4. The maximum absolute atomic E-state index is 13.2. The van der Waals surface area contributed by atoms with E-state index >= 15 is 0 Å². The Kier molecular flexibility index (Phi) is 9.60. The van der Waals surface area contributed by atoms with Gasteiger partial charge >= 0.3 is 0 Å². The van der Waals surface area contributed by atoms with Crippen LogP contribution in [0.1, 0.15) is 93.0 Å². The average Bonchev–Trinajstić information content (AvgIpc) is 3.90. The van der Waals surface area contributed by atoms with Crippen molar-refractivity contribution in [3.05, 3.63) is 122 Å². The molecule has 54 heavy (non-hydrogen) atoms. The zero-order chi connectivity index (χ0) is 37.5. The Bertz CT molecular complexity index is 2440. The number of benzene rings is 2. The number of fused-ring (bicyclic) bond motifs is 4. The van der Waals surface area contributed by atoms with Gasteiger partial charge in [-0.1, -0.05) is 54.9 Å². The zero-order valence-electron chi connectivity index (χ0n) is 30.1. The van der Waals surface area contributed by atoms with E-state index in [9.17, 15) is 14.4 Å². The third-order valence-corrected chi connectivity index (χ3v) is 11.7. The first-order valence-electron chi connectivity index (χ1n) is 18.0. The molecule has 2 atom stereocenters. The molecule has 3 aromatic heterocycles. The number of aliphatic imine (C=N–C) groups is 1. The van der Waals surface area contributed by atoms with Gasteiger partial charge < -0.3 is 9.47 Å². The smallest absolute Gasteiger partial charge is 0.255 e. The molecule has 3 aliphatic rings. The molecule has 3 aliphatic heterocycles. The van der Waals surface area contributed by atoms with Crippen LogP contribution in [0.3, 0.4) is 0 Å². The molecule has 8 rings (SSSR count). The van der Waals surface area contributed by atoms with Crippen molar-refractivity contribution >= 4 is 52.4 Å². The number of aryl methyl sites for hydroxylation is 2. The number of thiophene rings is 1. The number of nitrogens with zero attached hydrogens (tertiary/aromatic N) is 7. The van der Waals surface area contributed by atoms with Gasteiger partial charge in [0, 0.05) is 41.2 Å². The highest BCUT2D eigenvalue weighted by molar-refractivity contribution is 7.15. The number of piperidine rings is 1. The van der Waals surface area contributed by atoms with Crippen molar-refractivity contribution in [2.45, 2.75) is 72.1 Å². The van der Waals surface area contributed by atoms with Gasteiger partial charge in [0.25, 0.3) is 5.91 Å². The van der Waals surface area contributed by atoms with E-state index in [0.29, 0.717) is 30.1 Å². The minimum Gasteiger partial charge on any atom is -0.324 e.